The molecule has 1 fully saturated rings. The number of H-pyrrole nitrogens is 1. The third-order valence-corrected chi connectivity index (χ3v) is 5.11. The van der Waals surface area contributed by atoms with Crippen LogP contribution in [0.4, 0.5) is 17.3 Å². The van der Waals surface area contributed by atoms with Gasteiger partial charge in [0.2, 0.25) is 5.95 Å². The fourth-order valence-electron chi connectivity index (χ4n) is 3.46. The molecule has 3 aromatic rings. The zero-order chi connectivity index (χ0) is 20.4. The van der Waals surface area contributed by atoms with Crippen molar-refractivity contribution in [1.29, 1.82) is 0 Å². The summed E-state index contributed by atoms with van der Waals surface area (Å²) in [4.78, 5) is 38.6. The smallest absolute Gasteiger partial charge is 0.261 e. The summed E-state index contributed by atoms with van der Waals surface area (Å²) in [5.74, 6) is 0.0985. The number of anilines is 3. The lowest BCUT2D eigenvalue weighted by Gasteiger charge is -2.30. The van der Waals surface area contributed by atoms with Gasteiger partial charge in [-0.15, -0.1) is 0 Å². The predicted octanol–water partition coefficient (Wildman–Crippen LogP) is 1.54. The van der Waals surface area contributed by atoms with E-state index in [1.165, 1.54) is 0 Å². The standard InChI is InChI=1S/C20H23N7O2/c1-22-16-4-2-3-12-9-15(19(29)26-17(12)16)18(28)25-14-10-23-20(24-11-14)27-7-5-13(21)6-8-27/h2-4,9-11,13,22H,5-8,21H2,1H3,(H,25,28)(H,26,29). The monoisotopic (exact) mass is 393 g/mol. The van der Waals surface area contributed by atoms with Crippen LogP contribution < -0.4 is 26.8 Å². The van der Waals surface area contributed by atoms with Crippen LogP contribution in [0.15, 0.2) is 41.5 Å². The lowest BCUT2D eigenvalue weighted by atomic mass is 10.1. The Morgan fingerprint density at radius 2 is 1.97 bits per heavy atom. The van der Waals surface area contributed by atoms with E-state index in [-0.39, 0.29) is 11.6 Å². The Morgan fingerprint density at radius 1 is 1.24 bits per heavy atom. The number of aromatic amines is 1. The first-order valence-corrected chi connectivity index (χ1v) is 9.53. The number of nitrogens with two attached hydrogens (primary N) is 1. The molecule has 1 amide bonds. The molecule has 0 saturated carbocycles. The predicted molar refractivity (Wildman–Crippen MR) is 114 cm³/mol. The average molecular weight is 393 g/mol. The number of aromatic nitrogens is 3. The van der Waals surface area contributed by atoms with Crippen LogP contribution in [0.25, 0.3) is 10.9 Å². The van der Waals surface area contributed by atoms with Gasteiger partial charge in [-0.05, 0) is 25.0 Å². The highest BCUT2D eigenvalue weighted by Crippen LogP contribution is 2.21. The molecule has 1 aliphatic heterocycles. The summed E-state index contributed by atoms with van der Waals surface area (Å²) in [5.41, 5.74) is 7.37. The lowest BCUT2D eigenvalue weighted by molar-refractivity contribution is 0.102. The van der Waals surface area contributed by atoms with E-state index in [0.29, 0.717) is 17.2 Å². The lowest BCUT2D eigenvalue weighted by Crippen LogP contribution is -2.40. The van der Waals surface area contributed by atoms with Gasteiger partial charge in [-0.25, -0.2) is 9.97 Å². The maximum atomic E-state index is 12.6. The van der Waals surface area contributed by atoms with Crippen LogP contribution in [-0.2, 0) is 0 Å². The second kappa shape index (κ2) is 7.88. The molecule has 0 unspecified atom stereocenters. The number of para-hydroxylation sites is 1. The van der Waals surface area contributed by atoms with Gasteiger partial charge in [-0.1, -0.05) is 12.1 Å². The number of carbonyl (C=O) groups excluding carboxylic acids is 1. The van der Waals surface area contributed by atoms with Crippen LogP contribution >= 0.6 is 0 Å². The van der Waals surface area contributed by atoms with E-state index in [9.17, 15) is 9.59 Å². The molecule has 0 atom stereocenters. The summed E-state index contributed by atoms with van der Waals surface area (Å²) in [5, 5.41) is 6.47. The topological polar surface area (TPSA) is 129 Å². The third kappa shape index (κ3) is 3.90. The third-order valence-electron chi connectivity index (χ3n) is 5.11. The average Bonchev–Trinajstić information content (AvgIpc) is 2.74. The molecule has 0 radical (unpaired) electrons. The van der Waals surface area contributed by atoms with Crippen molar-refractivity contribution >= 4 is 34.1 Å². The van der Waals surface area contributed by atoms with E-state index in [0.717, 1.165) is 37.0 Å². The molecule has 3 heterocycles. The van der Waals surface area contributed by atoms with Crippen molar-refractivity contribution in [3.05, 3.63) is 52.6 Å². The number of fused-ring (bicyclic) bond motifs is 1. The van der Waals surface area contributed by atoms with Crippen LogP contribution in [-0.4, -0.2) is 47.0 Å². The first kappa shape index (κ1) is 18.9. The zero-order valence-corrected chi connectivity index (χ0v) is 16.1. The molecule has 0 bridgehead atoms. The van der Waals surface area contributed by atoms with E-state index < -0.39 is 11.5 Å². The van der Waals surface area contributed by atoms with Crippen molar-refractivity contribution in [2.75, 3.05) is 35.7 Å². The highest BCUT2D eigenvalue weighted by Gasteiger charge is 2.18. The molecule has 2 aromatic heterocycles. The number of piperidine rings is 1. The summed E-state index contributed by atoms with van der Waals surface area (Å²) in [7, 11) is 1.77. The number of carbonyl (C=O) groups is 1. The Labute approximate surface area is 167 Å². The normalized spacial score (nSPS) is 14.8. The van der Waals surface area contributed by atoms with Crippen LogP contribution in [0.2, 0.25) is 0 Å². The van der Waals surface area contributed by atoms with Crippen molar-refractivity contribution < 1.29 is 4.79 Å². The summed E-state index contributed by atoms with van der Waals surface area (Å²) < 4.78 is 0. The van der Waals surface area contributed by atoms with Gasteiger partial charge in [0.15, 0.2) is 0 Å². The molecule has 5 N–H and O–H groups in total. The van der Waals surface area contributed by atoms with E-state index >= 15 is 0 Å². The summed E-state index contributed by atoms with van der Waals surface area (Å²) in [6.45, 7) is 1.63. The Balaban J connectivity index is 1.52. The molecule has 9 nitrogen and oxygen atoms in total. The number of rotatable bonds is 4. The van der Waals surface area contributed by atoms with E-state index in [4.69, 9.17) is 5.73 Å². The van der Waals surface area contributed by atoms with Gasteiger partial charge in [0.25, 0.3) is 11.5 Å². The zero-order valence-electron chi connectivity index (χ0n) is 16.1. The number of hydrogen-bond donors (Lipinski definition) is 4. The molecule has 0 aliphatic carbocycles. The summed E-state index contributed by atoms with van der Waals surface area (Å²) in [6.07, 6.45) is 4.90. The molecule has 4 rings (SSSR count). The van der Waals surface area contributed by atoms with Gasteiger partial charge in [-0.3, -0.25) is 9.59 Å². The van der Waals surface area contributed by atoms with Gasteiger partial charge in [0.1, 0.15) is 5.56 Å². The van der Waals surface area contributed by atoms with E-state index in [1.54, 1.807) is 25.5 Å². The Morgan fingerprint density at radius 3 is 2.66 bits per heavy atom. The Kier molecular flexibility index (Phi) is 5.13. The van der Waals surface area contributed by atoms with Crippen molar-refractivity contribution in [3.8, 4) is 0 Å². The van der Waals surface area contributed by atoms with Gasteiger partial charge in [-0.2, -0.15) is 0 Å². The number of pyridine rings is 1. The SMILES string of the molecule is CNc1cccc2cc(C(=O)Nc3cnc(N4CCC(N)CC4)nc3)c(=O)[nH]c12. The molecular formula is C20H23N7O2. The molecule has 29 heavy (non-hydrogen) atoms. The van der Waals surface area contributed by atoms with Gasteiger partial charge in [0.05, 0.1) is 29.3 Å². The second-order valence-electron chi connectivity index (χ2n) is 7.08. The molecule has 1 aliphatic rings. The van der Waals surface area contributed by atoms with Crippen LogP contribution in [0.1, 0.15) is 23.2 Å². The van der Waals surface area contributed by atoms with E-state index in [2.05, 4.69) is 30.5 Å². The highest BCUT2D eigenvalue weighted by molar-refractivity contribution is 6.06. The fraction of sp³-hybridized carbons (Fsp3) is 0.300. The molecule has 150 valence electrons. The maximum Gasteiger partial charge on any atom is 0.261 e. The number of benzene rings is 1. The molecule has 0 spiro atoms. The molecule has 9 heteroatoms. The number of nitrogens with zero attached hydrogens (tertiary/aromatic N) is 3. The Bertz CT molecular complexity index is 1090. The quantitative estimate of drug-likeness (QED) is 0.529. The Hall–Kier alpha value is -3.46. The minimum atomic E-state index is -0.511. The van der Waals surface area contributed by atoms with E-state index in [1.807, 2.05) is 18.2 Å². The molecular weight excluding hydrogens is 370 g/mol. The largest absolute Gasteiger partial charge is 0.386 e. The van der Waals surface area contributed by atoms with Crippen molar-refractivity contribution in [1.82, 2.24) is 15.0 Å². The van der Waals surface area contributed by atoms with Crippen molar-refractivity contribution in [2.45, 2.75) is 18.9 Å². The number of nitrogens with one attached hydrogen (secondary N) is 3. The summed E-state index contributed by atoms with van der Waals surface area (Å²) in [6, 6.07) is 7.36. The number of hydrogen-bond acceptors (Lipinski definition) is 7. The van der Waals surface area contributed by atoms with Gasteiger partial charge < -0.3 is 26.3 Å². The second-order valence-corrected chi connectivity index (χ2v) is 7.08. The van der Waals surface area contributed by atoms with Crippen LogP contribution in [0, 0.1) is 0 Å². The van der Waals surface area contributed by atoms with Crippen molar-refractivity contribution in [2.24, 2.45) is 5.73 Å². The summed E-state index contributed by atoms with van der Waals surface area (Å²) >= 11 is 0. The van der Waals surface area contributed by atoms with Crippen molar-refractivity contribution in [3.63, 3.8) is 0 Å². The minimum Gasteiger partial charge on any atom is -0.386 e. The highest BCUT2D eigenvalue weighted by atomic mass is 16.2. The minimum absolute atomic E-state index is 0.0276. The van der Waals surface area contributed by atoms with Gasteiger partial charge in [0, 0.05) is 31.6 Å². The fourth-order valence-corrected chi connectivity index (χ4v) is 3.46. The first-order valence-electron chi connectivity index (χ1n) is 9.53. The van der Waals surface area contributed by atoms with Crippen LogP contribution in [0.5, 0.6) is 0 Å². The first-order chi connectivity index (χ1) is 14.0. The number of amides is 1. The molecule has 1 aromatic carbocycles. The van der Waals surface area contributed by atoms with Crippen LogP contribution in [0.3, 0.4) is 0 Å². The van der Waals surface area contributed by atoms with Gasteiger partial charge >= 0.3 is 0 Å². The molecule has 1 saturated heterocycles. The maximum absolute atomic E-state index is 12.6.